The molecule has 128 valence electrons. The Morgan fingerprint density at radius 2 is 1.92 bits per heavy atom. The van der Waals surface area contributed by atoms with Crippen LogP contribution in [0.1, 0.15) is 30.4 Å². The second kappa shape index (κ2) is 8.41. The lowest BCUT2D eigenvalue weighted by Crippen LogP contribution is -2.22. The van der Waals surface area contributed by atoms with Gasteiger partial charge in [0.15, 0.2) is 0 Å². The zero-order chi connectivity index (χ0) is 16.8. The fourth-order valence-corrected chi connectivity index (χ4v) is 3.32. The van der Waals surface area contributed by atoms with Gasteiger partial charge in [-0.1, -0.05) is 36.4 Å². The summed E-state index contributed by atoms with van der Waals surface area (Å²) in [7, 11) is 0. The van der Waals surface area contributed by atoms with Crippen LogP contribution < -0.4 is 5.32 Å². The standard InChI is InChI=1S/C21H26FNO/c1-16-4-2-3-5-20(16)18-6-7-19(21(22)14-18)15-23-11-8-17-9-12-24-13-10-17/h2-7,14,17,23H,8-13,15H2,1H3. The van der Waals surface area contributed by atoms with Crippen LogP contribution in [-0.2, 0) is 11.3 Å². The van der Waals surface area contributed by atoms with Gasteiger partial charge in [0.05, 0.1) is 0 Å². The van der Waals surface area contributed by atoms with E-state index in [-0.39, 0.29) is 5.82 Å². The van der Waals surface area contributed by atoms with Gasteiger partial charge in [-0.2, -0.15) is 0 Å². The maximum Gasteiger partial charge on any atom is 0.128 e. The van der Waals surface area contributed by atoms with E-state index in [4.69, 9.17) is 4.74 Å². The van der Waals surface area contributed by atoms with Crippen molar-refractivity contribution in [1.82, 2.24) is 5.32 Å². The minimum Gasteiger partial charge on any atom is -0.381 e. The molecular weight excluding hydrogens is 301 g/mol. The van der Waals surface area contributed by atoms with Crippen molar-refractivity contribution in [3.63, 3.8) is 0 Å². The molecule has 1 N–H and O–H groups in total. The summed E-state index contributed by atoms with van der Waals surface area (Å²) in [5, 5.41) is 3.38. The molecule has 0 amide bonds. The highest BCUT2D eigenvalue weighted by Gasteiger charge is 2.13. The molecule has 0 spiro atoms. The Hall–Kier alpha value is -1.71. The van der Waals surface area contributed by atoms with E-state index in [2.05, 4.69) is 18.3 Å². The topological polar surface area (TPSA) is 21.3 Å². The maximum atomic E-state index is 14.4. The molecule has 0 saturated carbocycles. The van der Waals surface area contributed by atoms with Crippen LogP contribution in [0.15, 0.2) is 42.5 Å². The summed E-state index contributed by atoms with van der Waals surface area (Å²) >= 11 is 0. The van der Waals surface area contributed by atoms with E-state index in [0.29, 0.717) is 6.54 Å². The summed E-state index contributed by atoms with van der Waals surface area (Å²) in [4.78, 5) is 0. The number of hydrogen-bond acceptors (Lipinski definition) is 2. The largest absolute Gasteiger partial charge is 0.381 e. The normalized spacial score (nSPS) is 15.6. The summed E-state index contributed by atoms with van der Waals surface area (Å²) in [6.07, 6.45) is 3.45. The summed E-state index contributed by atoms with van der Waals surface area (Å²) in [5.41, 5.74) is 3.94. The Labute approximate surface area is 144 Å². The first-order chi connectivity index (χ1) is 11.7. The first-order valence-electron chi connectivity index (χ1n) is 8.87. The molecule has 0 aliphatic carbocycles. The van der Waals surface area contributed by atoms with Gasteiger partial charge >= 0.3 is 0 Å². The van der Waals surface area contributed by atoms with Crippen LogP contribution in [0, 0.1) is 18.7 Å². The van der Waals surface area contributed by atoms with Crippen molar-refractivity contribution in [2.45, 2.75) is 32.7 Å². The van der Waals surface area contributed by atoms with Crippen LogP contribution in [0.3, 0.4) is 0 Å². The number of nitrogens with one attached hydrogen (secondary N) is 1. The highest BCUT2D eigenvalue weighted by Crippen LogP contribution is 2.25. The third-order valence-corrected chi connectivity index (χ3v) is 4.89. The second-order valence-corrected chi connectivity index (χ2v) is 6.64. The molecule has 3 heteroatoms. The monoisotopic (exact) mass is 327 g/mol. The number of halogens is 1. The number of rotatable bonds is 6. The Kier molecular flexibility index (Phi) is 6.00. The number of benzene rings is 2. The van der Waals surface area contributed by atoms with Crippen molar-refractivity contribution in [3.8, 4) is 11.1 Å². The summed E-state index contributed by atoms with van der Waals surface area (Å²) in [6.45, 7) is 5.35. The van der Waals surface area contributed by atoms with Crippen molar-refractivity contribution < 1.29 is 9.13 Å². The summed E-state index contributed by atoms with van der Waals surface area (Å²) in [6, 6.07) is 13.7. The van der Waals surface area contributed by atoms with Gasteiger partial charge in [0.25, 0.3) is 0 Å². The fraction of sp³-hybridized carbons (Fsp3) is 0.429. The van der Waals surface area contributed by atoms with Crippen LogP contribution in [0.2, 0.25) is 0 Å². The molecule has 0 atom stereocenters. The smallest absolute Gasteiger partial charge is 0.128 e. The van der Waals surface area contributed by atoms with E-state index >= 15 is 0 Å². The average Bonchev–Trinajstić information content (AvgIpc) is 2.61. The molecular formula is C21H26FNO. The maximum absolute atomic E-state index is 14.4. The molecule has 1 aliphatic rings. The van der Waals surface area contributed by atoms with E-state index in [1.54, 1.807) is 6.07 Å². The molecule has 1 fully saturated rings. The van der Waals surface area contributed by atoms with E-state index in [9.17, 15) is 4.39 Å². The summed E-state index contributed by atoms with van der Waals surface area (Å²) < 4.78 is 19.8. The molecule has 1 saturated heterocycles. The Morgan fingerprint density at radius 1 is 1.12 bits per heavy atom. The predicted molar refractivity (Wildman–Crippen MR) is 96.4 cm³/mol. The van der Waals surface area contributed by atoms with Crippen molar-refractivity contribution in [1.29, 1.82) is 0 Å². The van der Waals surface area contributed by atoms with Crippen molar-refractivity contribution in [3.05, 3.63) is 59.4 Å². The third kappa shape index (κ3) is 4.43. The van der Waals surface area contributed by atoms with Gasteiger partial charge in [-0.05, 0) is 61.4 Å². The lowest BCUT2D eigenvalue weighted by molar-refractivity contribution is 0.0639. The molecule has 2 aromatic rings. The zero-order valence-corrected chi connectivity index (χ0v) is 14.4. The van der Waals surface area contributed by atoms with Gasteiger partial charge in [0.1, 0.15) is 5.82 Å². The first kappa shape index (κ1) is 17.1. The Morgan fingerprint density at radius 3 is 2.67 bits per heavy atom. The van der Waals surface area contributed by atoms with Gasteiger partial charge in [-0.15, -0.1) is 0 Å². The van der Waals surface area contributed by atoms with Crippen LogP contribution in [-0.4, -0.2) is 19.8 Å². The SMILES string of the molecule is Cc1ccccc1-c1ccc(CNCCC2CCOCC2)c(F)c1. The number of ether oxygens (including phenoxy) is 1. The molecule has 1 aliphatic heterocycles. The first-order valence-corrected chi connectivity index (χ1v) is 8.87. The van der Waals surface area contributed by atoms with Crippen molar-refractivity contribution >= 4 is 0 Å². The minimum absolute atomic E-state index is 0.130. The quantitative estimate of drug-likeness (QED) is 0.776. The van der Waals surface area contributed by atoms with E-state index < -0.39 is 0 Å². The summed E-state index contributed by atoms with van der Waals surface area (Å²) in [5.74, 6) is 0.619. The van der Waals surface area contributed by atoms with Crippen molar-refractivity contribution in [2.24, 2.45) is 5.92 Å². The molecule has 2 nitrogen and oxygen atoms in total. The van der Waals surface area contributed by atoms with Gasteiger partial charge in [-0.3, -0.25) is 0 Å². The molecule has 2 aromatic carbocycles. The molecule has 3 rings (SSSR count). The third-order valence-electron chi connectivity index (χ3n) is 4.89. The fourth-order valence-electron chi connectivity index (χ4n) is 3.32. The van der Waals surface area contributed by atoms with Gasteiger partial charge in [-0.25, -0.2) is 4.39 Å². The molecule has 1 heterocycles. The van der Waals surface area contributed by atoms with Crippen LogP contribution in [0.25, 0.3) is 11.1 Å². The van der Waals surface area contributed by atoms with Crippen molar-refractivity contribution in [2.75, 3.05) is 19.8 Å². The molecule has 0 aromatic heterocycles. The van der Waals surface area contributed by atoms with Crippen LogP contribution >= 0.6 is 0 Å². The second-order valence-electron chi connectivity index (χ2n) is 6.64. The van der Waals surface area contributed by atoms with E-state index in [1.807, 2.05) is 30.3 Å². The number of hydrogen-bond donors (Lipinski definition) is 1. The molecule has 0 bridgehead atoms. The van der Waals surface area contributed by atoms with E-state index in [0.717, 1.165) is 61.6 Å². The average molecular weight is 327 g/mol. The zero-order valence-electron chi connectivity index (χ0n) is 14.4. The Bertz CT molecular complexity index is 665. The Balaban J connectivity index is 1.54. The highest BCUT2D eigenvalue weighted by molar-refractivity contribution is 5.67. The lowest BCUT2D eigenvalue weighted by atomic mass is 9.96. The molecule has 0 unspecified atom stereocenters. The van der Waals surface area contributed by atoms with E-state index in [1.165, 1.54) is 5.56 Å². The van der Waals surface area contributed by atoms with Gasteiger partial charge in [0, 0.05) is 25.3 Å². The molecule has 24 heavy (non-hydrogen) atoms. The van der Waals surface area contributed by atoms with Crippen LogP contribution in [0.4, 0.5) is 4.39 Å². The van der Waals surface area contributed by atoms with Gasteiger partial charge < -0.3 is 10.1 Å². The van der Waals surface area contributed by atoms with Crippen LogP contribution in [0.5, 0.6) is 0 Å². The predicted octanol–water partition coefficient (Wildman–Crippen LogP) is 4.71. The molecule has 0 radical (unpaired) electrons. The van der Waals surface area contributed by atoms with Gasteiger partial charge in [0.2, 0.25) is 0 Å². The lowest BCUT2D eigenvalue weighted by Gasteiger charge is -2.21. The number of aryl methyl sites for hydroxylation is 1. The highest BCUT2D eigenvalue weighted by atomic mass is 19.1. The minimum atomic E-state index is -0.130.